The van der Waals surface area contributed by atoms with E-state index in [1.165, 1.54) is 6.07 Å². The van der Waals surface area contributed by atoms with Crippen molar-refractivity contribution >= 4 is 28.9 Å². The summed E-state index contributed by atoms with van der Waals surface area (Å²) in [6.45, 7) is 3.69. The van der Waals surface area contributed by atoms with Crippen LogP contribution in [0.4, 0.5) is 0 Å². The first kappa shape index (κ1) is 25.4. The predicted octanol–water partition coefficient (Wildman–Crippen LogP) is 0.00720. The fourth-order valence-electron chi connectivity index (χ4n) is 7.02. The zero-order valence-corrected chi connectivity index (χ0v) is 21.0. The molecule has 0 aromatic heterocycles. The molecule has 2 fully saturated rings. The van der Waals surface area contributed by atoms with Gasteiger partial charge < -0.3 is 35.9 Å². The van der Waals surface area contributed by atoms with Crippen LogP contribution in [0.1, 0.15) is 42.9 Å². The first-order valence-electron chi connectivity index (χ1n) is 12.3. The number of phenols is 1. The van der Waals surface area contributed by atoms with E-state index in [1.807, 2.05) is 13.8 Å². The number of rotatable bonds is 3. The summed E-state index contributed by atoms with van der Waals surface area (Å²) in [7, 11) is 3.23. The molecule has 0 saturated heterocycles. The minimum atomic E-state index is -2.67. The number of aliphatic hydroxyl groups is 3. The summed E-state index contributed by atoms with van der Waals surface area (Å²) in [6, 6.07) is 2.23. The molecule has 0 radical (unpaired) electrons. The van der Waals surface area contributed by atoms with Gasteiger partial charge in [0.1, 0.15) is 23.5 Å². The van der Waals surface area contributed by atoms with Crippen molar-refractivity contribution in [3.63, 3.8) is 0 Å². The molecule has 2 saturated carbocycles. The van der Waals surface area contributed by atoms with Gasteiger partial charge in [0.25, 0.3) is 0 Å². The topological polar surface area (TPSA) is 183 Å². The lowest BCUT2D eigenvalue weighted by Gasteiger charge is -2.53. The molecule has 0 spiro atoms. The fraction of sp³-hybridized carbons (Fsp3) is 0.538. The molecule has 1 aliphatic heterocycles. The Bertz CT molecular complexity index is 1290. The van der Waals surface area contributed by atoms with E-state index in [2.05, 4.69) is 5.16 Å². The number of fused-ring (bicyclic) bond motifs is 3. The summed E-state index contributed by atoms with van der Waals surface area (Å²) in [5.74, 6) is -7.83. The molecular formula is C26H31N3O8. The monoisotopic (exact) mass is 513 g/mol. The molecule has 11 nitrogen and oxygen atoms in total. The normalized spacial score (nSPS) is 37.1. The van der Waals surface area contributed by atoms with Gasteiger partial charge in [0.2, 0.25) is 11.7 Å². The van der Waals surface area contributed by atoms with Crippen molar-refractivity contribution in [3.8, 4) is 5.75 Å². The van der Waals surface area contributed by atoms with Crippen molar-refractivity contribution in [2.75, 3.05) is 14.1 Å². The van der Waals surface area contributed by atoms with Gasteiger partial charge in [-0.3, -0.25) is 14.4 Å². The molecular weight excluding hydrogens is 482 g/mol. The molecule has 3 aliphatic carbocycles. The lowest BCUT2D eigenvalue weighted by atomic mass is 9.54. The van der Waals surface area contributed by atoms with Crippen LogP contribution in [0, 0.1) is 17.8 Å². The molecule has 198 valence electrons. The van der Waals surface area contributed by atoms with Crippen LogP contribution in [0.5, 0.6) is 5.75 Å². The number of phenolic OH excluding ortho intramolecular Hbond substituents is 1. The standard InChI is InChI=1S/C26H31N3O8/c1-9-16(10(2)37-28-9)12-5-6-15(30)18-13(12)7-11-8-14-20(29(3)4)22(32)19(25(27)35)24(34)26(14,36)23(33)17(11)21(18)31/h5-6,10-11,14,16,19-20,22,30-32,36H,7-8H2,1-4H3,(H2,27,35)/t10?,11-,14-,16?,19?,20-,22?,26-/m0/s1. The molecule has 6 N–H and O–H groups in total. The van der Waals surface area contributed by atoms with Gasteiger partial charge >= 0.3 is 0 Å². The molecule has 5 rings (SSSR count). The fourth-order valence-corrected chi connectivity index (χ4v) is 7.02. The SMILES string of the molecule is CC1=NOC(C)C1c1ccc(O)c2c1C[C@H]1C[C@H]3[C@H](N(C)C)C(O)C(C(N)=O)C(=O)[C@@]3(O)C(=O)C1=C2O. The summed E-state index contributed by atoms with van der Waals surface area (Å²) < 4.78 is 0. The van der Waals surface area contributed by atoms with Gasteiger partial charge in [-0.25, -0.2) is 0 Å². The van der Waals surface area contributed by atoms with Gasteiger partial charge in [-0.2, -0.15) is 0 Å². The zero-order valence-electron chi connectivity index (χ0n) is 21.0. The number of aliphatic hydroxyl groups excluding tert-OH is 2. The largest absolute Gasteiger partial charge is 0.507 e. The van der Waals surface area contributed by atoms with Gasteiger partial charge in [0.15, 0.2) is 11.4 Å². The van der Waals surface area contributed by atoms with Crippen LogP contribution in [0.15, 0.2) is 22.9 Å². The molecule has 1 aromatic carbocycles. The van der Waals surface area contributed by atoms with Crippen molar-refractivity contribution in [2.24, 2.45) is 28.6 Å². The Morgan fingerprint density at radius 2 is 1.92 bits per heavy atom. The molecule has 4 unspecified atom stereocenters. The Morgan fingerprint density at radius 3 is 2.49 bits per heavy atom. The molecule has 1 aromatic rings. The summed E-state index contributed by atoms with van der Waals surface area (Å²) in [5, 5.41) is 48.8. The van der Waals surface area contributed by atoms with Crippen molar-refractivity contribution in [1.82, 2.24) is 4.90 Å². The van der Waals surface area contributed by atoms with E-state index in [0.29, 0.717) is 5.56 Å². The quantitative estimate of drug-likeness (QED) is 0.347. The number of Topliss-reactive ketones (excluding diaryl/α,β-unsaturated/α-hetero) is 2. The van der Waals surface area contributed by atoms with Crippen LogP contribution >= 0.6 is 0 Å². The molecule has 1 heterocycles. The number of aromatic hydroxyl groups is 1. The van der Waals surface area contributed by atoms with Gasteiger partial charge in [0, 0.05) is 17.5 Å². The highest BCUT2D eigenvalue weighted by Crippen LogP contribution is 2.53. The Hall–Kier alpha value is -3.28. The van der Waals surface area contributed by atoms with Crippen LogP contribution in [-0.2, 0) is 25.6 Å². The Kier molecular flexibility index (Phi) is 5.74. The molecule has 8 atom stereocenters. The Morgan fingerprint density at radius 1 is 1.24 bits per heavy atom. The Balaban J connectivity index is 1.69. The maximum atomic E-state index is 13.9. The van der Waals surface area contributed by atoms with E-state index in [9.17, 15) is 34.8 Å². The number of primary amides is 1. The Labute approximate surface area is 213 Å². The van der Waals surface area contributed by atoms with E-state index in [-0.39, 0.29) is 41.7 Å². The smallest absolute Gasteiger partial charge is 0.230 e. The molecule has 4 aliphatic rings. The van der Waals surface area contributed by atoms with Crippen molar-refractivity contribution in [3.05, 3.63) is 34.4 Å². The number of amides is 1. The maximum absolute atomic E-state index is 13.9. The van der Waals surface area contributed by atoms with E-state index in [1.54, 1.807) is 25.1 Å². The average Bonchev–Trinajstić information content (AvgIpc) is 3.14. The molecule has 0 bridgehead atoms. The molecule has 37 heavy (non-hydrogen) atoms. The minimum absolute atomic E-state index is 0.0601. The number of likely N-dealkylation sites (N-methyl/N-ethyl adjacent to an activating group) is 1. The number of carbonyl (C=O) groups excluding carboxylic acids is 3. The number of hydrogen-bond acceptors (Lipinski definition) is 10. The van der Waals surface area contributed by atoms with E-state index < -0.39 is 58.7 Å². The maximum Gasteiger partial charge on any atom is 0.230 e. The minimum Gasteiger partial charge on any atom is -0.507 e. The molecule has 11 heteroatoms. The second-order valence-electron chi connectivity index (χ2n) is 10.8. The highest BCUT2D eigenvalue weighted by Gasteiger charge is 2.67. The van der Waals surface area contributed by atoms with Gasteiger partial charge in [-0.1, -0.05) is 11.2 Å². The number of ketones is 2. The van der Waals surface area contributed by atoms with E-state index >= 15 is 0 Å². The first-order valence-corrected chi connectivity index (χ1v) is 12.3. The number of nitrogens with zero attached hydrogens (tertiary/aromatic N) is 2. The van der Waals surface area contributed by atoms with Crippen LogP contribution < -0.4 is 5.73 Å². The van der Waals surface area contributed by atoms with Crippen LogP contribution in [0.25, 0.3) is 5.76 Å². The second kappa shape index (κ2) is 8.37. The summed E-state index contributed by atoms with van der Waals surface area (Å²) in [6.07, 6.45) is -1.51. The van der Waals surface area contributed by atoms with Gasteiger partial charge in [0.05, 0.1) is 23.3 Å². The van der Waals surface area contributed by atoms with Gasteiger partial charge in [-0.05, 0) is 63.9 Å². The first-order chi connectivity index (χ1) is 17.3. The number of nitrogens with two attached hydrogens (primary N) is 1. The third-order valence-electron chi connectivity index (χ3n) is 8.63. The van der Waals surface area contributed by atoms with Crippen molar-refractivity contribution in [1.29, 1.82) is 0 Å². The zero-order chi connectivity index (χ0) is 27.1. The molecule has 1 amide bonds. The summed E-state index contributed by atoms with van der Waals surface area (Å²) in [5.41, 5.74) is 4.76. The highest BCUT2D eigenvalue weighted by atomic mass is 16.6. The van der Waals surface area contributed by atoms with Crippen molar-refractivity contribution in [2.45, 2.75) is 56.5 Å². The second-order valence-corrected chi connectivity index (χ2v) is 10.8. The number of hydrogen-bond donors (Lipinski definition) is 5. The summed E-state index contributed by atoms with van der Waals surface area (Å²) >= 11 is 0. The number of carbonyl (C=O) groups is 3. The van der Waals surface area contributed by atoms with Crippen molar-refractivity contribution < 1.29 is 39.6 Å². The number of oxime groups is 1. The van der Waals surface area contributed by atoms with Crippen LogP contribution in [0.3, 0.4) is 0 Å². The lowest BCUT2D eigenvalue weighted by molar-refractivity contribution is -0.184. The summed E-state index contributed by atoms with van der Waals surface area (Å²) in [4.78, 5) is 46.4. The van der Waals surface area contributed by atoms with Crippen LogP contribution in [-0.4, -0.2) is 86.5 Å². The predicted molar refractivity (Wildman–Crippen MR) is 130 cm³/mol. The number of benzene rings is 1. The van der Waals surface area contributed by atoms with E-state index in [0.717, 1.165) is 11.3 Å². The third-order valence-corrected chi connectivity index (χ3v) is 8.63. The van der Waals surface area contributed by atoms with E-state index in [4.69, 9.17) is 10.6 Å². The van der Waals surface area contributed by atoms with Crippen LogP contribution in [0.2, 0.25) is 0 Å². The van der Waals surface area contributed by atoms with Gasteiger partial charge in [-0.15, -0.1) is 0 Å². The highest BCUT2D eigenvalue weighted by molar-refractivity contribution is 6.25. The third kappa shape index (κ3) is 3.30. The average molecular weight is 514 g/mol. The lowest BCUT2D eigenvalue weighted by Crippen LogP contribution is -2.73.